The van der Waals surface area contributed by atoms with E-state index in [2.05, 4.69) is 22.0 Å². The van der Waals surface area contributed by atoms with Crippen LogP contribution in [0.25, 0.3) is 10.8 Å². The highest BCUT2D eigenvalue weighted by atomic mass is 32.2. The molecule has 17 heavy (non-hydrogen) atoms. The van der Waals surface area contributed by atoms with Crippen molar-refractivity contribution in [3.05, 3.63) is 16.5 Å². The Kier molecular flexibility index (Phi) is 4.14. The van der Waals surface area contributed by atoms with E-state index in [-0.39, 0.29) is 0 Å². The lowest BCUT2D eigenvalue weighted by molar-refractivity contribution is 0.425. The van der Waals surface area contributed by atoms with Crippen molar-refractivity contribution in [1.29, 1.82) is 0 Å². The standard InChI is InChI=1S/C10H14N4OS2/c1-3-16-5-7-13-10(15-14-7)9-6(2)12-8(4-11)17-9/h3-5,11H2,1-2H3. The molecule has 0 radical (unpaired) electrons. The molecule has 0 atom stereocenters. The van der Waals surface area contributed by atoms with Crippen LogP contribution < -0.4 is 5.73 Å². The third-order valence-corrected chi connectivity index (χ3v) is 4.15. The van der Waals surface area contributed by atoms with Crippen LogP contribution in [0.15, 0.2) is 4.52 Å². The Morgan fingerprint density at radius 3 is 2.88 bits per heavy atom. The monoisotopic (exact) mass is 270 g/mol. The fourth-order valence-electron chi connectivity index (χ4n) is 1.34. The van der Waals surface area contributed by atoms with Gasteiger partial charge in [0.25, 0.3) is 5.89 Å². The predicted molar refractivity (Wildman–Crippen MR) is 69.9 cm³/mol. The predicted octanol–water partition coefficient (Wildman–Crippen LogP) is 2.21. The van der Waals surface area contributed by atoms with Crippen LogP contribution in [0.1, 0.15) is 23.4 Å². The summed E-state index contributed by atoms with van der Waals surface area (Å²) in [7, 11) is 0. The number of nitrogens with two attached hydrogens (primary N) is 1. The van der Waals surface area contributed by atoms with Crippen molar-refractivity contribution in [2.24, 2.45) is 5.73 Å². The summed E-state index contributed by atoms with van der Waals surface area (Å²) in [6, 6.07) is 0. The molecule has 0 aliphatic carbocycles. The fraction of sp³-hybridized carbons (Fsp3) is 0.500. The van der Waals surface area contributed by atoms with Gasteiger partial charge in [-0.3, -0.25) is 0 Å². The van der Waals surface area contributed by atoms with Crippen molar-refractivity contribution in [2.45, 2.75) is 26.1 Å². The van der Waals surface area contributed by atoms with Gasteiger partial charge in [0.15, 0.2) is 5.82 Å². The molecule has 0 spiro atoms. The Hall–Kier alpha value is -0.920. The van der Waals surface area contributed by atoms with Crippen LogP contribution in [0.3, 0.4) is 0 Å². The Labute approximate surface area is 108 Å². The molecule has 5 nitrogen and oxygen atoms in total. The summed E-state index contributed by atoms with van der Waals surface area (Å²) in [5.41, 5.74) is 6.46. The lowest BCUT2D eigenvalue weighted by atomic mass is 10.4. The Bertz CT molecular complexity index is 494. The van der Waals surface area contributed by atoms with Crippen LogP contribution in [0.2, 0.25) is 0 Å². The second kappa shape index (κ2) is 5.61. The van der Waals surface area contributed by atoms with Crippen molar-refractivity contribution in [1.82, 2.24) is 15.1 Å². The number of rotatable bonds is 5. The Morgan fingerprint density at radius 2 is 2.24 bits per heavy atom. The summed E-state index contributed by atoms with van der Waals surface area (Å²) in [6.45, 7) is 4.47. The molecule has 92 valence electrons. The molecular weight excluding hydrogens is 256 g/mol. The topological polar surface area (TPSA) is 77.8 Å². The van der Waals surface area contributed by atoms with Gasteiger partial charge >= 0.3 is 0 Å². The summed E-state index contributed by atoms with van der Waals surface area (Å²) in [4.78, 5) is 9.62. The quantitative estimate of drug-likeness (QED) is 0.897. The molecule has 0 aromatic carbocycles. The van der Waals surface area contributed by atoms with Gasteiger partial charge in [0, 0.05) is 6.54 Å². The van der Waals surface area contributed by atoms with Crippen LogP contribution in [0.5, 0.6) is 0 Å². The maximum atomic E-state index is 5.56. The number of thiazole rings is 1. The van der Waals surface area contributed by atoms with E-state index in [1.165, 1.54) is 11.3 Å². The highest BCUT2D eigenvalue weighted by Gasteiger charge is 2.15. The molecule has 0 unspecified atom stereocenters. The number of aryl methyl sites for hydroxylation is 1. The van der Waals surface area contributed by atoms with Crippen LogP contribution in [-0.2, 0) is 12.3 Å². The Morgan fingerprint density at radius 1 is 1.41 bits per heavy atom. The lowest BCUT2D eigenvalue weighted by Crippen LogP contribution is -1.94. The van der Waals surface area contributed by atoms with Crippen molar-refractivity contribution in [3.8, 4) is 10.8 Å². The van der Waals surface area contributed by atoms with E-state index < -0.39 is 0 Å². The summed E-state index contributed by atoms with van der Waals surface area (Å²) >= 11 is 3.28. The van der Waals surface area contributed by atoms with Gasteiger partial charge < -0.3 is 10.3 Å². The van der Waals surface area contributed by atoms with Gasteiger partial charge in [0.1, 0.15) is 9.88 Å². The lowest BCUT2D eigenvalue weighted by Gasteiger charge is -1.89. The maximum Gasteiger partial charge on any atom is 0.269 e. The van der Waals surface area contributed by atoms with Crippen LogP contribution in [-0.4, -0.2) is 20.9 Å². The van der Waals surface area contributed by atoms with Crippen molar-refractivity contribution in [2.75, 3.05) is 5.75 Å². The summed E-state index contributed by atoms with van der Waals surface area (Å²) in [5, 5.41) is 4.84. The van der Waals surface area contributed by atoms with Crippen LogP contribution in [0.4, 0.5) is 0 Å². The van der Waals surface area contributed by atoms with Gasteiger partial charge in [0.2, 0.25) is 0 Å². The molecule has 7 heteroatoms. The zero-order valence-corrected chi connectivity index (χ0v) is 11.4. The molecule has 0 aliphatic rings. The number of hydrogen-bond acceptors (Lipinski definition) is 7. The molecule has 0 aliphatic heterocycles. The molecule has 2 aromatic rings. The van der Waals surface area contributed by atoms with E-state index in [1.54, 1.807) is 11.8 Å². The van der Waals surface area contributed by atoms with Crippen molar-refractivity contribution >= 4 is 23.1 Å². The van der Waals surface area contributed by atoms with E-state index in [1.807, 2.05) is 6.92 Å². The first-order chi connectivity index (χ1) is 8.24. The molecule has 2 heterocycles. The first-order valence-corrected chi connectivity index (χ1v) is 7.28. The van der Waals surface area contributed by atoms with Gasteiger partial charge in [-0.05, 0) is 12.7 Å². The number of thioether (sulfide) groups is 1. The van der Waals surface area contributed by atoms with Gasteiger partial charge in [-0.15, -0.1) is 11.3 Å². The molecule has 0 bridgehead atoms. The number of hydrogen-bond donors (Lipinski definition) is 1. The molecule has 0 fully saturated rings. The van der Waals surface area contributed by atoms with Gasteiger partial charge in [-0.25, -0.2) is 4.98 Å². The number of aromatic nitrogens is 3. The smallest absolute Gasteiger partial charge is 0.269 e. The first kappa shape index (κ1) is 12.5. The average molecular weight is 270 g/mol. The zero-order chi connectivity index (χ0) is 12.3. The van der Waals surface area contributed by atoms with E-state index in [0.29, 0.717) is 12.4 Å². The summed E-state index contributed by atoms with van der Waals surface area (Å²) in [6.07, 6.45) is 0. The fourth-order valence-corrected chi connectivity index (χ4v) is 2.71. The third-order valence-electron chi connectivity index (χ3n) is 2.11. The minimum atomic E-state index is 0.443. The second-order valence-electron chi connectivity index (χ2n) is 3.38. The molecule has 2 aromatic heterocycles. The molecule has 2 N–H and O–H groups in total. The second-order valence-corrected chi connectivity index (χ2v) is 5.74. The highest BCUT2D eigenvalue weighted by molar-refractivity contribution is 7.98. The van der Waals surface area contributed by atoms with E-state index >= 15 is 0 Å². The molecule has 0 saturated carbocycles. The van der Waals surface area contributed by atoms with Crippen LogP contribution in [0, 0.1) is 6.92 Å². The normalized spacial score (nSPS) is 11.0. The summed E-state index contributed by atoms with van der Waals surface area (Å²) in [5.74, 6) is 3.10. The maximum absolute atomic E-state index is 5.56. The van der Waals surface area contributed by atoms with E-state index in [0.717, 1.165) is 32.9 Å². The molecule has 2 rings (SSSR count). The zero-order valence-electron chi connectivity index (χ0n) is 9.77. The van der Waals surface area contributed by atoms with Gasteiger partial charge in [-0.1, -0.05) is 12.1 Å². The van der Waals surface area contributed by atoms with Gasteiger partial charge in [0.05, 0.1) is 11.4 Å². The Balaban J connectivity index is 2.20. The summed E-state index contributed by atoms with van der Waals surface area (Å²) < 4.78 is 5.24. The van der Waals surface area contributed by atoms with Crippen molar-refractivity contribution in [3.63, 3.8) is 0 Å². The first-order valence-electron chi connectivity index (χ1n) is 5.31. The van der Waals surface area contributed by atoms with E-state index in [9.17, 15) is 0 Å². The average Bonchev–Trinajstić information content (AvgIpc) is 2.92. The number of nitrogens with zero attached hydrogens (tertiary/aromatic N) is 3. The van der Waals surface area contributed by atoms with Gasteiger partial charge in [-0.2, -0.15) is 16.7 Å². The van der Waals surface area contributed by atoms with Crippen LogP contribution >= 0.6 is 23.1 Å². The minimum absolute atomic E-state index is 0.443. The van der Waals surface area contributed by atoms with E-state index in [4.69, 9.17) is 10.3 Å². The SMILES string of the molecule is CCSCc1noc(-c2sc(CN)nc2C)n1. The largest absolute Gasteiger partial charge is 0.333 e. The molecule has 0 amide bonds. The van der Waals surface area contributed by atoms with Crippen molar-refractivity contribution < 1.29 is 4.52 Å². The molecule has 0 saturated heterocycles. The molecular formula is C10H14N4OS2. The highest BCUT2D eigenvalue weighted by Crippen LogP contribution is 2.28. The third kappa shape index (κ3) is 2.85. The minimum Gasteiger partial charge on any atom is -0.333 e.